The summed E-state index contributed by atoms with van der Waals surface area (Å²) in [5, 5.41) is 17.8. The Labute approximate surface area is 302 Å². The van der Waals surface area contributed by atoms with Crippen LogP contribution in [0.25, 0.3) is 0 Å². The first-order valence-corrected chi connectivity index (χ1v) is 17.0. The van der Waals surface area contributed by atoms with Crippen molar-refractivity contribution in [2.75, 3.05) is 29.6 Å². The van der Waals surface area contributed by atoms with Crippen LogP contribution in [-0.2, 0) is 33.3 Å². The van der Waals surface area contributed by atoms with Crippen molar-refractivity contribution in [1.82, 2.24) is 15.0 Å². The highest BCUT2D eigenvalue weighted by Gasteiger charge is 2.24. The Morgan fingerprint density at radius 3 is 1.31 bits per heavy atom. The average Bonchev–Trinajstić information content (AvgIpc) is 3.76. The number of nitrogens with zero attached hydrogens (tertiary/aromatic N) is 3. The van der Waals surface area contributed by atoms with Crippen LogP contribution in [-0.4, -0.2) is 91.9 Å². The first-order valence-electron chi connectivity index (χ1n) is 14.4. The zero-order valence-corrected chi connectivity index (χ0v) is 31.1. The molecule has 51 heavy (non-hydrogen) atoms. The molecule has 0 atom stereocenters. The quantitative estimate of drug-likeness (QED) is 0.0957. The Bertz CT molecular complexity index is 1730. The molecule has 0 saturated heterocycles. The molecule has 0 spiro atoms. The standard InChI is InChI=1S/C12H16N2O5S.C10H12N2O5S.C7H8N2O3S/c1-5-18-9(16)8(15)7-6-20-10(13-7)14-11(17)19-12(2,3)4;1-10(2,3)17-9(16)12-8-11-5(4-18-8)6(13)7(14)15;1-2-12-6(11)5(10)4-3-13-7(8)9-4/h6H,5H2,1-4H3,(H,13,14,17);4H,1-3H3,(H,14,15)(H,11,12,16);3H,2H2,1H3,(H2,8,9). The number of anilines is 3. The van der Waals surface area contributed by atoms with Crippen LogP contribution < -0.4 is 16.4 Å². The summed E-state index contributed by atoms with van der Waals surface area (Å²) in [5.41, 5.74) is 3.76. The van der Waals surface area contributed by atoms with Crippen molar-refractivity contribution >= 4 is 96.8 Å². The van der Waals surface area contributed by atoms with Gasteiger partial charge in [0.05, 0.1) is 13.2 Å². The van der Waals surface area contributed by atoms with E-state index in [0.717, 1.165) is 34.0 Å². The van der Waals surface area contributed by atoms with Crippen molar-refractivity contribution in [2.24, 2.45) is 0 Å². The predicted molar refractivity (Wildman–Crippen MR) is 184 cm³/mol. The lowest BCUT2D eigenvalue weighted by atomic mass is 10.2. The predicted octanol–water partition coefficient (Wildman–Crippen LogP) is 4.46. The Morgan fingerprint density at radius 1 is 0.647 bits per heavy atom. The normalized spacial score (nSPS) is 10.5. The maximum Gasteiger partial charge on any atom is 0.413 e. The van der Waals surface area contributed by atoms with Gasteiger partial charge in [-0.15, -0.1) is 34.0 Å². The minimum atomic E-state index is -1.59. The Kier molecular flexibility index (Phi) is 16.9. The summed E-state index contributed by atoms with van der Waals surface area (Å²) in [4.78, 5) is 100. The van der Waals surface area contributed by atoms with Crippen LogP contribution in [0, 0.1) is 0 Å². The van der Waals surface area contributed by atoms with Crippen LogP contribution in [0.4, 0.5) is 25.0 Å². The van der Waals surface area contributed by atoms with Gasteiger partial charge in [0.1, 0.15) is 28.3 Å². The molecule has 2 amide bonds. The third-order valence-electron chi connectivity index (χ3n) is 4.56. The third-order valence-corrected chi connectivity index (χ3v) is 6.75. The summed E-state index contributed by atoms with van der Waals surface area (Å²) in [6.45, 7) is 13.8. The number of hydrogen-bond donors (Lipinski definition) is 4. The minimum absolute atomic E-state index is 0.0425. The molecule has 0 aliphatic carbocycles. The van der Waals surface area contributed by atoms with Gasteiger partial charge < -0.3 is 29.8 Å². The maximum atomic E-state index is 11.6. The highest BCUT2D eigenvalue weighted by Crippen LogP contribution is 2.19. The van der Waals surface area contributed by atoms with Gasteiger partial charge in [-0.05, 0) is 55.4 Å². The summed E-state index contributed by atoms with van der Waals surface area (Å²) in [7, 11) is 0. The summed E-state index contributed by atoms with van der Waals surface area (Å²) in [5.74, 6) is -6.18. The third kappa shape index (κ3) is 16.7. The van der Waals surface area contributed by atoms with Gasteiger partial charge in [0.2, 0.25) is 0 Å². The number of rotatable bonds is 10. The first-order chi connectivity index (χ1) is 23.6. The van der Waals surface area contributed by atoms with Crippen LogP contribution in [0.1, 0.15) is 86.9 Å². The number of carbonyl (C=O) groups excluding carboxylic acids is 7. The number of carboxylic acid groups (broad SMARTS) is 1. The number of carboxylic acids is 1. The van der Waals surface area contributed by atoms with Gasteiger partial charge in [-0.25, -0.2) is 38.9 Å². The van der Waals surface area contributed by atoms with Gasteiger partial charge >= 0.3 is 30.1 Å². The van der Waals surface area contributed by atoms with Crippen LogP contribution in [0.15, 0.2) is 16.1 Å². The largest absolute Gasteiger partial charge is 0.475 e. The van der Waals surface area contributed by atoms with Gasteiger partial charge in [0, 0.05) is 16.1 Å². The number of carbonyl (C=O) groups is 8. The lowest BCUT2D eigenvalue weighted by Crippen LogP contribution is -2.27. The fourth-order valence-corrected chi connectivity index (χ4v) is 4.65. The first kappa shape index (κ1) is 43.7. The Hall–Kier alpha value is -5.35. The van der Waals surface area contributed by atoms with Gasteiger partial charge in [-0.1, -0.05) is 0 Å². The van der Waals surface area contributed by atoms with Crippen molar-refractivity contribution < 1.29 is 62.4 Å². The summed E-state index contributed by atoms with van der Waals surface area (Å²) < 4.78 is 19.1. The summed E-state index contributed by atoms with van der Waals surface area (Å²) in [6, 6.07) is 0. The zero-order chi connectivity index (χ0) is 39.1. The number of nitrogens with one attached hydrogen (secondary N) is 2. The topological polar surface area (TPSA) is 282 Å². The molecule has 19 nitrogen and oxygen atoms in total. The number of hydrogen-bond acceptors (Lipinski definition) is 19. The number of nitrogen functional groups attached to an aromatic ring is 1. The molecule has 0 radical (unpaired) electrons. The second-order valence-corrected chi connectivity index (χ2v) is 13.7. The van der Waals surface area contributed by atoms with E-state index in [1.807, 2.05) is 0 Å². The lowest BCUT2D eigenvalue weighted by Gasteiger charge is -2.18. The van der Waals surface area contributed by atoms with Gasteiger partial charge in [-0.2, -0.15) is 0 Å². The van der Waals surface area contributed by atoms with Crippen molar-refractivity contribution in [3.8, 4) is 0 Å². The molecule has 0 aliphatic heterocycles. The van der Waals surface area contributed by atoms with E-state index in [2.05, 4.69) is 35.1 Å². The molecular weight excluding hydrogens is 737 g/mol. The van der Waals surface area contributed by atoms with E-state index in [4.69, 9.17) is 20.3 Å². The van der Waals surface area contributed by atoms with Crippen molar-refractivity contribution in [3.05, 3.63) is 33.2 Å². The van der Waals surface area contributed by atoms with Crippen molar-refractivity contribution in [2.45, 2.75) is 66.6 Å². The summed E-state index contributed by atoms with van der Waals surface area (Å²) in [6.07, 6.45) is -1.40. The number of aliphatic carboxylic acids is 1. The average molecular weight is 773 g/mol. The van der Waals surface area contributed by atoms with E-state index in [0.29, 0.717) is 0 Å². The highest BCUT2D eigenvalue weighted by atomic mass is 32.1. The number of ether oxygens (including phenoxy) is 4. The number of aromatic nitrogens is 3. The molecule has 3 aromatic heterocycles. The molecule has 0 bridgehead atoms. The van der Waals surface area contributed by atoms with Gasteiger partial charge in [0.25, 0.3) is 17.3 Å². The maximum absolute atomic E-state index is 11.6. The summed E-state index contributed by atoms with van der Waals surface area (Å²) >= 11 is 3.06. The molecule has 3 heterocycles. The van der Waals surface area contributed by atoms with Crippen LogP contribution in [0.5, 0.6) is 0 Å². The van der Waals surface area contributed by atoms with Crippen molar-refractivity contribution in [3.63, 3.8) is 0 Å². The van der Waals surface area contributed by atoms with E-state index in [1.54, 1.807) is 55.4 Å². The van der Waals surface area contributed by atoms with E-state index in [9.17, 15) is 38.4 Å². The van der Waals surface area contributed by atoms with E-state index >= 15 is 0 Å². The molecule has 0 fully saturated rings. The van der Waals surface area contributed by atoms with Gasteiger partial charge in [0.15, 0.2) is 15.4 Å². The Morgan fingerprint density at radius 2 is 1.00 bits per heavy atom. The number of ketones is 3. The molecular formula is C29H36N6O13S3. The number of esters is 2. The molecule has 0 aromatic carbocycles. The van der Waals surface area contributed by atoms with Crippen LogP contribution in [0.3, 0.4) is 0 Å². The molecule has 278 valence electrons. The van der Waals surface area contributed by atoms with E-state index in [-0.39, 0.29) is 45.7 Å². The Balaban J connectivity index is 0.000000391. The molecule has 3 rings (SSSR count). The smallest absolute Gasteiger partial charge is 0.413 e. The second-order valence-electron chi connectivity index (χ2n) is 11.1. The zero-order valence-electron chi connectivity index (χ0n) is 28.6. The fraction of sp³-hybridized carbons (Fsp3) is 0.414. The highest BCUT2D eigenvalue weighted by molar-refractivity contribution is 7.14. The van der Waals surface area contributed by atoms with E-state index < -0.39 is 58.6 Å². The lowest BCUT2D eigenvalue weighted by molar-refractivity contribution is -0.138. The van der Waals surface area contributed by atoms with Crippen LogP contribution >= 0.6 is 34.0 Å². The van der Waals surface area contributed by atoms with Crippen molar-refractivity contribution in [1.29, 1.82) is 0 Å². The number of thiazole rings is 3. The monoisotopic (exact) mass is 772 g/mol. The number of Topliss-reactive ketones (excluding diaryl/α,β-unsaturated/α-hetero) is 3. The molecule has 22 heteroatoms. The second kappa shape index (κ2) is 19.7. The molecule has 0 aliphatic rings. The van der Waals surface area contributed by atoms with Gasteiger partial charge in [-0.3, -0.25) is 25.0 Å². The molecule has 3 aromatic rings. The molecule has 5 N–H and O–H groups in total. The fourth-order valence-electron chi connectivity index (χ4n) is 2.76. The number of nitrogens with two attached hydrogens (primary N) is 1. The molecule has 0 saturated carbocycles. The molecule has 0 unspecified atom stereocenters. The van der Waals surface area contributed by atoms with Crippen LogP contribution in [0.2, 0.25) is 0 Å². The van der Waals surface area contributed by atoms with E-state index in [1.165, 1.54) is 16.1 Å². The SMILES string of the molecule is CC(C)(C)OC(=O)Nc1nc(C(=O)C(=O)O)cs1.CCOC(=O)C(=O)c1csc(N)n1.CCOC(=O)C(=O)c1csc(NC(=O)OC(C)(C)C)n1. The minimum Gasteiger partial charge on any atom is -0.475 e. The number of amides is 2.